The van der Waals surface area contributed by atoms with Gasteiger partial charge in [-0.25, -0.2) is 15.0 Å². The summed E-state index contributed by atoms with van der Waals surface area (Å²) in [5.74, 6) is -0.739. The zero-order valence-corrected chi connectivity index (χ0v) is 12.8. The molecule has 0 saturated carbocycles. The minimum absolute atomic E-state index is 0.124. The van der Waals surface area contributed by atoms with Crippen LogP contribution in [0.5, 0.6) is 11.5 Å². The van der Waals surface area contributed by atoms with E-state index in [1.165, 1.54) is 19.2 Å². The zero-order valence-electron chi connectivity index (χ0n) is 12.0. The number of aliphatic carboxylic acids is 1. The van der Waals surface area contributed by atoms with Crippen LogP contribution in [0.4, 0.5) is 4.79 Å². The number of hydrogen-bond donors (Lipinski definition) is 3. The van der Waals surface area contributed by atoms with Gasteiger partial charge in [0, 0.05) is 0 Å². The van der Waals surface area contributed by atoms with E-state index >= 15 is 0 Å². The molecule has 9 heteroatoms. The van der Waals surface area contributed by atoms with Crippen LogP contribution in [0, 0.1) is 0 Å². The maximum atomic E-state index is 10.9. The zero-order chi connectivity index (χ0) is 16.7. The Balaban J connectivity index is 3.09. The van der Waals surface area contributed by atoms with Crippen molar-refractivity contribution >= 4 is 29.8 Å². The maximum Gasteiger partial charge on any atom is 0.344 e. The molecule has 1 atom stereocenters. The van der Waals surface area contributed by atoms with Crippen LogP contribution in [-0.2, 0) is 4.79 Å². The number of rotatable bonds is 7. The normalized spacial score (nSPS) is 12.0. The molecular formula is C13H16ClN3O5. The van der Waals surface area contributed by atoms with Gasteiger partial charge in [0.2, 0.25) is 0 Å². The molecule has 8 nitrogen and oxygen atoms in total. The lowest BCUT2D eigenvalue weighted by molar-refractivity contribution is -0.144. The quantitative estimate of drug-likeness (QED) is 0.517. The van der Waals surface area contributed by atoms with Crippen molar-refractivity contribution in [2.24, 2.45) is 10.8 Å². The van der Waals surface area contributed by atoms with E-state index in [0.29, 0.717) is 12.2 Å². The lowest BCUT2D eigenvalue weighted by Crippen LogP contribution is -2.24. The highest BCUT2D eigenvalue weighted by Gasteiger charge is 2.19. The van der Waals surface area contributed by atoms with Gasteiger partial charge in [0.1, 0.15) is 0 Å². The van der Waals surface area contributed by atoms with Crippen LogP contribution in [0.3, 0.4) is 0 Å². The molecule has 0 saturated heterocycles. The topological polar surface area (TPSA) is 123 Å². The SMILES string of the molecule is CCOc1cc(C=NNC(N)=O)cc(Cl)c1OC(C)C(=O)O. The molecule has 1 rings (SSSR count). The summed E-state index contributed by atoms with van der Waals surface area (Å²) in [7, 11) is 0. The number of carboxylic acids is 1. The molecule has 0 bridgehead atoms. The van der Waals surface area contributed by atoms with Gasteiger partial charge in [-0.1, -0.05) is 11.6 Å². The first-order valence-corrected chi connectivity index (χ1v) is 6.67. The first-order chi connectivity index (χ1) is 10.3. The molecule has 4 N–H and O–H groups in total. The highest BCUT2D eigenvalue weighted by Crippen LogP contribution is 2.37. The third kappa shape index (κ3) is 5.13. The first kappa shape index (κ1) is 17.6. The largest absolute Gasteiger partial charge is 0.490 e. The number of hydrogen-bond acceptors (Lipinski definition) is 5. The molecule has 0 aromatic heterocycles. The van der Waals surface area contributed by atoms with Crippen LogP contribution in [0.2, 0.25) is 5.02 Å². The van der Waals surface area contributed by atoms with Gasteiger partial charge in [-0.15, -0.1) is 0 Å². The van der Waals surface area contributed by atoms with E-state index in [0.717, 1.165) is 0 Å². The lowest BCUT2D eigenvalue weighted by Gasteiger charge is -2.16. The number of benzene rings is 1. The fraction of sp³-hybridized carbons (Fsp3) is 0.308. The maximum absolute atomic E-state index is 10.9. The monoisotopic (exact) mass is 329 g/mol. The molecule has 120 valence electrons. The molecule has 2 amide bonds. The smallest absolute Gasteiger partial charge is 0.344 e. The van der Waals surface area contributed by atoms with Gasteiger partial charge in [0.25, 0.3) is 0 Å². The Kier molecular flexibility index (Phi) is 6.46. The number of carbonyl (C=O) groups excluding carboxylic acids is 1. The summed E-state index contributed by atoms with van der Waals surface area (Å²) < 4.78 is 10.7. The minimum atomic E-state index is -1.13. The van der Waals surface area contributed by atoms with Crippen molar-refractivity contribution in [3.05, 3.63) is 22.7 Å². The van der Waals surface area contributed by atoms with Crippen LogP contribution in [0.15, 0.2) is 17.2 Å². The summed E-state index contributed by atoms with van der Waals surface area (Å²) in [6.45, 7) is 3.46. The van der Waals surface area contributed by atoms with Crippen molar-refractivity contribution in [3.63, 3.8) is 0 Å². The Morgan fingerprint density at radius 1 is 1.55 bits per heavy atom. The van der Waals surface area contributed by atoms with Crippen molar-refractivity contribution in [2.45, 2.75) is 20.0 Å². The Hall–Kier alpha value is -2.48. The molecule has 0 radical (unpaired) electrons. The summed E-state index contributed by atoms with van der Waals surface area (Å²) >= 11 is 6.09. The molecule has 0 heterocycles. The summed E-state index contributed by atoms with van der Waals surface area (Å²) in [5.41, 5.74) is 7.43. The van der Waals surface area contributed by atoms with Gasteiger partial charge >= 0.3 is 12.0 Å². The number of primary amides is 1. The molecule has 0 aliphatic rings. The Labute approximate surface area is 131 Å². The highest BCUT2D eigenvalue weighted by molar-refractivity contribution is 6.32. The number of nitrogens with zero attached hydrogens (tertiary/aromatic N) is 1. The number of nitrogens with one attached hydrogen (secondary N) is 1. The predicted molar refractivity (Wildman–Crippen MR) is 80.7 cm³/mol. The molecule has 0 fully saturated rings. The standard InChI is InChI=1S/C13H16ClN3O5/c1-3-21-10-5-8(6-16-17-13(15)20)4-9(14)11(10)22-7(2)12(18)19/h4-7H,3H2,1-2H3,(H,18,19)(H3,15,17,20). The van der Waals surface area contributed by atoms with Crippen molar-refractivity contribution in [2.75, 3.05) is 6.61 Å². The van der Waals surface area contributed by atoms with Gasteiger partial charge in [0.15, 0.2) is 17.6 Å². The first-order valence-electron chi connectivity index (χ1n) is 6.29. The third-order valence-electron chi connectivity index (χ3n) is 2.36. The van der Waals surface area contributed by atoms with E-state index < -0.39 is 18.1 Å². The van der Waals surface area contributed by atoms with Crippen LogP contribution < -0.4 is 20.6 Å². The number of hydrazone groups is 1. The minimum Gasteiger partial charge on any atom is -0.490 e. The molecule has 1 unspecified atom stereocenters. The average molecular weight is 330 g/mol. The molecule has 0 aliphatic carbocycles. The van der Waals surface area contributed by atoms with Crippen molar-refractivity contribution in [1.29, 1.82) is 0 Å². The molecule has 22 heavy (non-hydrogen) atoms. The number of carboxylic acid groups (broad SMARTS) is 1. The number of nitrogens with two attached hydrogens (primary N) is 1. The van der Waals surface area contributed by atoms with Crippen molar-refractivity contribution < 1.29 is 24.2 Å². The van der Waals surface area contributed by atoms with Crippen molar-refractivity contribution in [1.82, 2.24) is 5.43 Å². The van der Waals surface area contributed by atoms with E-state index in [9.17, 15) is 9.59 Å². The Bertz CT molecular complexity index is 591. The number of amides is 2. The second kappa shape index (κ2) is 8.08. The number of urea groups is 1. The third-order valence-corrected chi connectivity index (χ3v) is 2.64. The number of ether oxygens (including phenoxy) is 2. The lowest BCUT2D eigenvalue weighted by atomic mass is 10.2. The van der Waals surface area contributed by atoms with E-state index in [2.05, 4.69) is 5.10 Å². The highest BCUT2D eigenvalue weighted by atomic mass is 35.5. The van der Waals surface area contributed by atoms with E-state index in [4.69, 9.17) is 31.9 Å². The Morgan fingerprint density at radius 3 is 2.77 bits per heavy atom. The average Bonchev–Trinajstić information content (AvgIpc) is 2.42. The van der Waals surface area contributed by atoms with Gasteiger partial charge in [-0.05, 0) is 31.5 Å². The van der Waals surface area contributed by atoms with E-state index in [1.807, 2.05) is 5.43 Å². The molecule has 0 aliphatic heterocycles. The van der Waals surface area contributed by atoms with Crippen molar-refractivity contribution in [3.8, 4) is 11.5 Å². The fourth-order valence-electron chi connectivity index (χ4n) is 1.44. The van der Waals surface area contributed by atoms with Gasteiger partial charge < -0.3 is 20.3 Å². The van der Waals surface area contributed by atoms with E-state index in [-0.39, 0.29) is 16.5 Å². The number of carbonyl (C=O) groups is 2. The molecular weight excluding hydrogens is 314 g/mol. The van der Waals surface area contributed by atoms with Crippen LogP contribution in [-0.4, -0.2) is 36.0 Å². The summed E-state index contributed by atoms with van der Waals surface area (Å²) in [5, 5.41) is 12.7. The van der Waals surface area contributed by atoms with Gasteiger partial charge in [-0.3, -0.25) is 0 Å². The van der Waals surface area contributed by atoms with Gasteiger partial charge in [0.05, 0.1) is 17.8 Å². The Morgan fingerprint density at radius 2 is 2.23 bits per heavy atom. The summed E-state index contributed by atoms with van der Waals surface area (Å²) in [4.78, 5) is 21.4. The summed E-state index contributed by atoms with van der Waals surface area (Å²) in [6.07, 6.45) is 0.219. The van der Waals surface area contributed by atoms with E-state index in [1.54, 1.807) is 13.0 Å². The van der Waals surface area contributed by atoms with Crippen LogP contribution in [0.1, 0.15) is 19.4 Å². The van der Waals surface area contributed by atoms with Crippen LogP contribution >= 0.6 is 11.6 Å². The molecule has 0 spiro atoms. The molecule has 1 aromatic carbocycles. The fourth-order valence-corrected chi connectivity index (χ4v) is 1.70. The molecule has 1 aromatic rings. The van der Waals surface area contributed by atoms with Crippen LogP contribution in [0.25, 0.3) is 0 Å². The number of halogens is 1. The van der Waals surface area contributed by atoms with Gasteiger partial charge in [-0.2, -0.15) is 5.10 Å². The summed E-state index contributed by atoms with van der Waals surface area (Å²) in [6, 6.07) is 2.23. The predicted octanol–water partition coefficient (Wildman–Crippen LogP) is 1.59. The second-order valence-corrected chi connectivity index (χ2v) is 4.50. The second-order valence-electron chi connectivity index (χ2n) is 4.10.